The first kappa shape index (κ1) is 12.9. The number of fused-ring (bicyclic) bond motifs is 1. The Morgan fingerprint density at radius 2 is 2.00 bits per heavy atom. The molecular formula is C15H26O3. The SMILES string of the molecule is COC[C@@]1(C)C2CCC3(CO3)C[C@]2(C)CC[C@H]1O. The molecule has 104 valence electrons. The molecule has 3 fully saturated rings. The number of hydrogen-bond donors (Lipinski definition) is 1. The maximum Gasteiger partial charge on any atom is 0.0922 e. The van der Waals surface area contributed by atoms with Crippen LogP contribution in [0.15, 0.2) is 0 Å². The molecule has 3 rings (SSSR count). The predicted octanol–water partition coefficient (Wildman–Crippen LogP) is 2.37. The fraction of sp³-hybridized carbons (Fsp3) is 1.00. The molecule has 2 aliphatic carbocycles. The van der Waals surface area contributed by atoms with E-state index in [1.54, 1.807) is 7.11 Å². The van der Waals surface area contributed by atoms with Crippen LogP contribution in [-0.2, 0) is 9.47 Å². The van der Waals surface area contributed by atoms with E-state index in [0.717, 1.165) is 19.4 Å². The van der Waals surface area contributed by atoms with E-state index in [9.17, 15) is 5.11 Å². The minimum Gasteiger partial charge on any atom is -0.392 e. The zero-order chi connectivity index (χ0) is 13.0. The predicted molar refractivity (Wildman–Crippen MR) is 69.4 cm³/mol. The molecule has 3 heteroatoms. The van der Waals surface area contributed by atoms with Crippen LogP contribution in [-0.4, -0.2) is 37.1 Å². The highest BCUT2D eigenvalue weighted by molar-refractivity contribution is 5.10. The molecule has 1 heterocycles. The van der Waals surface area contributed by atoms with E-state index < -0.39 is 0 Å². The first-order valence-corrected chi connectivity index (χ1v) is 7.25. The van der Waals surface area contributed by atoms with E-state index in [-0.39, 0.29) is 17.1 Å². The Labute approximate surface area is 110 Å². The molecule has 1 aliphatic heterocycles. The van der Waals surface area contributed by atoms with Gasteiger partial charge in [0.25, 0.3) is 0 Å². The Hall–Kier alpha value is -0.120. The van der Waals surface area contributed by atoms with E-state index in [4.69, 9.17) is 9.47 Å². The Bertz CT molecular complexity index is 339. The average molecular weight is 254 g/mol. The van der Waals surface area contributed by atoms with Crippen molar-refractivity contribution in [1.82, 2.24) is 0 Å². The van der Waals surface area contributed by atoms with Crippen LogP contribution in [0.25, 0.3) is 0 Å². The minimum atomic E-state index is -0.218. The maximum absolute atomic E-state index is 10.4. The van der Waals surface area contributed by atoms with Crippen LogP contribution in [0.2, 0.25) is 0 Å². The summed E-state index contributed by atoms with van der Waals surface area (Å²) < 4.78 is 11.1. The van der Waals surface area contributed by atoms with Crippen molar-refractivity contribution in [3.63, 3.8) is 0 Å². The Morgan fingerprint density at radius 3 is 2.61 bits per heavy atom. The van der Waals surface area contributed by atoms with Crippen LogP contribution < -0.4 is 0 Å². The normalized spacial score (nSPS) is 55.3. The van der Waals surface area contributed by atoms with Crippen LogP contribution in [0.4, 0.5) is 0 Å². The first-order valence-electron chi connectivity index (χ1n) is 7.25. The van der Waals surface area contributed by atoms with Gasteiger partial charge in [-0.15, -0.1) is 0 Å². The molecule has 0 aromatic carbocycles. The molecule has 0 radical (unpaired) electrons. The zero-order valence-corrected chi connectivity index (χ0v) is 11.9. The van der Waals surface area contributed by atoms with Crippen molar-refractivity contribution >= 4 is 0 Å². The van der Waals surface area contributed by atoms with Crippen LogP contribution in [0.3, 0.4) is 0 Å². The van der Waals surface area contributed by atoms with E-state index in [1.807, 2.05) is 0 Å². The second kappa shape index (κ2) is 3.94. The summed E-state index contributed by atoms with van der Waals surface area (Å²) in [5.41, 5.74) is 0.445. The third-order valence-electron chi connectivity index (χ3n) is 6.01. The van der Waals surface area contributed by atoms with Gasteiger partial charge in [0, 0.05) is 12.5 Å². The van der Waals surface area contributed by atoms with E-state index in [1.165, 1.54) is 19.3 Å². The Balaban J connectivity index is 1.87. The quantitative estimate of drug-likeness (QED) is 0.769. The van der Waals surface area contributed by atoms with Gasteiger partial charge >= 0.3 is 0 Å². The number of aliphatic hydroxyl groups excluding tert-OH is 1. The van der Waals surface area contributed by atoms with E-state index in [2.05, 4.69) is 13.8 Å². The molecule has 3 nitrogen and oxygen atoms in total. The molecular weight excluding hydrogens is 228 g/mol. The summed E-state index contributed by atoms with van der Waals surface area (Å²) in [6.45, 7) is 6.25. The lowest BCUT2D eigenvalue weighted by molar-refractivity contribution is -0.156. The summed E-state index contributed by atoms with van der Waals surface area (Å²) in [5.74, 6) is 0.559. The standard InChI is InChI=1S/C15H26O3/c1-13-6-5-12(16)14(2,9-17-3)11(13)4-7-15(8-13)10-18-15/h11-12,16H,4-10H2,1-3H3/t11?,12-,13+,14+,15?/m1/s1. The molecule has 2 unspecified atom stereocenters. The van der Waals surface area contributed by atoms with Gasteiger partial charge in [-0.05, 0) is 43.4 Å². The highest BCUT2D eigenvalue weighted by Crippen LogP contribution is 2.62. The van der Waals surface area contributed by atoms with Crippen LogP contribution in [0, 0.1) is 16.7 Å². The lowest BCUT2D eigenvalue weighted by Gasteiger charge is -2.57. The number of aliphatic hydroxyl groups is 1. The Kier molecular flexibility index (Phi) is 2.82. The molecule has 18 heavy (non-hydrogen) atoms. The van der Waals surface area contributed by atoms with Crippen LogP contribution in [0.1, 0.15) is 46.0 Å². The number of epoxide rings is 1. The van der Waals surface area contributed by atoms with Crippen molar-refractivity contribution in [3.8, 4) is 0 Å². The fourth-order valence-electron chi connectivity index (χ4n) is 4.98. The summed E-state index contributed by atoms with van der Waals surface area (Å²) in [7, 11) is 1.75. The molecule has 3 aliphatic rings. The van der Waals surface area contributed by atoms with Crippen molar-refractivity contribution in [2.75, 3.05) is 20.3 Å². The lowest BCUT2D eigenvalue weighted by Crippen LogP contribution is -2.56. The van der Waals surface area contributed by atoms with Gasteiger partial charge in [-0.2, -0.15) is 0 Å². The van der Waals surface area contributed by atoms with E-state index in [0.29, 0.717) is 17.9 Å². The van der Waals surface area contributed by atoms with Crippen LogP contribution >= 0.6 is 0 Å². The minimum absolute atomic E-state index is 0.0851. The van der Waals surface area contributed by atoms with Gasteiger partial charge in [-0.3, -0.25) is 0 Å². The lowest BCUT2D eigenvalue weighted by atomic mass is 9.49. The average Bonchev–Trinajstić information content (AvgIpc) is 3.04. The van der Waals surface area contributed by atoms with Crippen LogP contribution in [0.5, 0.6) is 0 Å². The topological polar surface area (TPSA) is 42.0 Å². The van der Waals surface area contributed by atoms with Gasteiger partial charge in [0.2, 0.25) is 0 Å². The van der Waals surface area contributed by atoms with Gasteiger partial charge in [-0.1, -0.05) is 13.8 Å². The molecule has 0 amide bonds. The molecule has 1 spiro atoms. The molecule has 0 bridgehead atoms. The molecule has 1 saturated heterocycles. The molecule has 0 aromatic rings. The first-order chi connectivity index (χ1) is 8.44. The van der Waals surface area contributed by atoms with Crippen molar-refractivity contribution in [1.29, 1.82) is 0 Å². The number of hydrogen-bond acceptors (Lipinski definition) is 3. The smallest absolute Gasteiger partial charge is 0.0922 e. The third-order valence-corrected chi connectivity index (χ3v) is 6.01. The second-order valence-corrected chi connectivity index (χ2v) is 7.39. The van der Waals surface area contributed by atoms with Gasteiger partial charge in [-0.25, -0.2) is 0 Å². The fourth-order valence-corrected chi connectivity index (χ4v) is 4.98. The maximum atomic E-state index is 10.4. The zero-order valence-electron chi connectivity index (χ0n) is 11.9. The molecule has 1 N–H and O–H groups in total. The Morgan fingerprint density at radius 1 is 1.28 bits per heavy atom. The second-order valence-electron chi connectivity index (χ2n) is 7.39. The van der Waals surface area contributed by atoms with Crippen molar-refractivity contribution in [2.24, 2.45) is 16.7 Å². The summed E-state index contributed by atoms with van der Waals surface area (Å²) in [6, 6.07) is 0. The monoisotopic (exact) mass is 254 g/mol. The summed E-state index contributed by atoms with van der Waals surface area (Å²) >= 11 is 0. The number of rotatable bonds is 2. The van der Waals surface area contributed by atoms with Gasteiger partial charge in [0.15, 0.2) is 0 Å². The largest absolute Gasteiger partial charge is 0.392 e. The van der Waals surface area contributed by atoms with Crippen molar-refractivity contribution < 1.29 is 14.6 Å². The summed E-state index contributed by atoms with van der Waals surface area (Å²) in [4.78, 5) is 0. The van der Waals surface area contributed by atoms with Gasteiger partial charge < -0.3 is 14.6 Å². The van der Waals surface area contributed by atoms with Crippen molar-refractivity contribution in [3.05, 3.63) is 0 Å². The number of ether oxygens (including phenoxy) is 2. The van der Waals surface area contributed by atoms with Gasteiger partial charge in [0.1, 0.15) is 0 Å². The highest BCUT2D eigenvalue weighted by atomic mass is 16.6. The summed E-state index contributed by atoms with van der Waals surface area (Å²) in [6.07, 6.45) is 5.33. The third kappa shape index (κ3) is 1.75. The molecule has 5 atom stereocenters. The molecule has 2 saturated carbocycles. The van der Waals surface area contributed by atoms with Gasteiger partial charge in [0.05, 0.1) is 24.9 Å². The van der Waals surface area contributed by atoms with E-state index >= 15 is 0 Å². The summed E-state index contributed by atoms with van der Waals surface area (Å²) in [5, 5.41) is 10.4. The number of methoxy groups -OCH3 is 1. The molecule has 0 aromatic heterocycles. The van der Waals surface area contributed by atoms with Crippen molar-refractivity contribution in [2.45, 2.75) is 57.7 Å². The highest BCUT2D eigenvalue weighted by Gasteiger charge is 2.61.